The van der Waals surface area contributed by atoms with Crippen molar-refractivity contribution in [1.29, 1.82) is 0 Å². The summed E-state index contributed by atoms with van der Waals surface area (Å²) in [4.78, 5) is 0. The molecule has 1 fully saturated rings. The highest BCUT2D eigenvalue weighted by atomic mass is 16.8. The second kappa shape index (κ2) is 8.95. The average Bonchev–Trinajstić information content (AvgIpc) is 2.65. The zero-order valence-electron chi connectivity index (χ0n) is 16.3. The van der Waals surface area contributed by atoms with Gasteiger partial charge in [0, 0.05) is 19.8 Å². The van der Waals surface area contributed by atoms with Crippen LogP contribution in [0.4, 0.5) is 0 Å². The number of hydroxylamine groups is 1. The summed E-state index contributed by atoms with van der Waals surface area (Å²) in [6, 6.07) is 9.35. The number of nitrogens with zero attached hydrogens (tertiary/aromatic N) is 1. The third-order valence-corrected chi connectivity index (χ3v) is 4.93. The van der Waals surface area contributed by atoms with Gasteiger partial charge < -0.3 is 29.3 Å². The molecule has 0 radical (unpaired) electrons. The SMILES string of the molecule is C=CC[C@H](O)[C@@H]1O[C@@](C)(OC)[C@](C)(OC)O[C@H]1/C=[N+](/[O-])Cc1ccccc1. The van der Waals surface area contributed by atoms with Crippen molar-refractivity contribution in [1.82, 2.24) is 0 Å². The molecule has 1 heterocycles. The Kier molecular flexibility index (Phi) is 7.13. The smallest absolute Gasteiger partial charge is 0.221 e. The van der Waals surface area contributed by atoms with Crippen LogP contribution in [0.25, 0.3) is 0 Å². The van der Waals surface area contributed by atoms with Crippen LogP contribution < -0.4 is 0 Å². The summed E-state index contributed by atoms with van der Waals surface area (Å²) < 4.78 is 23.8. The summed E-state index contributed by atoms with van der Waals surface area (Å²) in [6.45, 7) is 7.13. The molecule has 2 rings (SSSR count). The molecule has 0 aromatic heterocycles. The van der Waals surface area contributed by atoms with Crippen molar-refractivity contribution >= 4 is 6.21 Å². The van der Waals surface area contributed by atoms with E-state index < -0.39 is 29.9 Å². The molecule has 1 aromatic carbocycles. The van der Waals surface area contributed by atoms with Gasteiger partial charge in [-0.2, -0.15) is 0 Å². The molecule has 0 amide bonds. The van der Waals surface area contributed by atoms with Gasteiger partial charge in [-0.25, -0.2) is 4.74 Å². The number of rotatable bonds is 8. The molecular formula is C20H29NO6. The fourth-order valence-electron chi connectivity index (χ4n) is 3.03. The molecule has 1 N–H and O–H groups in total. The summed E-state index contributed by atoms with van der Waals surface area (Å²) in [5, 5.41) is 23.0. The normalized spacial score (nSPS) is 32.9. The Morgan fingerprint density at radius 3 is 2.37 bits per heavy atom. The highest BCUT2D eigenvalue weighted by Crippen LogP contribution is 2.39. The van der Waals surface area contributed by atoms with E-state index in [0.29, 0.717) is 0 Å². The Balaban J connectivity index is 2.31. The van der Waals surface area contributed by atoms with Crippen molar-refractivity contribution in [3.8, 4) is 0 Å². The Labute approximate surface area is 160 Å². The Morgan fingerprint density at radius 1 is 1.22 bits per heavy atom. The predicted octanol–water partition coefficient (Wildman–Crippen LogP) is 2.21. The maximum Gasteiger partial charge on any atom is 0.221 e. The van der Waals surface area contributed by atoms with Crippen molar-refractivity contribution in [3.05, 3.63) is 53.8 Å². The van der Waals surface area contributed by atoms with Crippen molar-refractivity contribution in [3.63, 3.8) is 0 Å². The Hall–Kier alpha value is -1.77. The lowest BCUT2D eigenvalue weighted by molar-refractivity contribution is -0.485. The molecular weight excluding hydrogens is 350 g/mol. The molecule has 0 spiro atoms. The number of ether oxygens (including phenoxy) is 4. The van der Waals surface area contributed by atoms with Crippen molar-refractivity contribution < 1.29 is 28.8 Å². The van der Waals surface area contributed by atoms with E-state index in [1.165, 1.54) is 20.4 Å². The molecule has 0 unspecified atom stereocenters. The van der Waals surface area contributed by atoms with Gasteiger partial charge in [0.05, 0.1) is 6.10 Å². The Bertz CT molecular complexity index is 651. The zero-order chi connectivity index (χ0) is 20.1. The van der Waals surface area contributed by atoms with Gasteiger partial charge in [-0.1, -0.05) is 36.4 Å². The molecule has 7 nitrogen and oxygen atoms in total. The average molecular weight is 379 g/mol. The summed E-state index contributed by atoms with van der Waals surface area (Å²) in [7, 11) is 2.94. The van der Waals surface area contributed by atoms with Crippen molar-refractivity contribution in [2.24, 2.45) is 0 Å². The molecule has 1 aliphatic heterocycles. The van der Waals surface area contributed by atoms with Crippen LogP contribution in [-0.4, -0.2) is 60.2 Å². The predicted molar refractivity (Wildman–Crippen MR) is 101 cm³/mol. The van der Waals surface area contributed by atoms with E-state index in [1.807, 2.05) is 30.3 Å². The molecule has 5 atom stereocenters. The maximum absolute atomic E-state index is 12.5. The van der Waals surface area contributed by atoms with Crippen molar-refractivity contribution in [2.75, 3.05) is 14.2 Å². The number of hydrogen-bond acceptors (Lipinski definition) is 6. The highest BCUT2D eigenvalue weighted by Gasteiger charge is 2.58. The molecule has 7 heteroatoms. The number of hydrogen-bond donors (Lipinski definition) is 1. The highest BCUT2D eigenvalue weighted by molar-refractivity contribution is 5.59. The van der Waals surface area contributed by atoms with Crippen LogP contribution in [-0.2, 0) is 25.5 Å². The van der Waals surface area contributed by atoms with E-state index in [4.69, 9.17) is 18.9 Å². The fraction of sp³-hybridized carbons (Fsp3) is 0.550. The zero-order valence-corrected chi connectivity index (χ0v) is 16.3. The second-order valence-electron chi connectivity index (χ2n) is 6.77. The summed E-state index contributed by atoms with van der Waals surface area (Å²) >= 11 is 0. The molecule has 1 aliphatic rings. The van der Waals surface area contributed by atoms with Crippen LogP contribution in [0.1, 0.15) is 25.8 Å². The topological polar surface area (TPSA) is 83.2 Å². The number of methoxy groups -OCH3 is 2. The molecule has 0 aliphatic carbocycles. The van der Waals surface area contributed by atoms with Gasteiger partial charge in [0.2, 0.25) is 11.6 Å². The van der Waals surface area contributed by atoms with Gasteiger partial charge in [0.1, 0.15) is 6.10 Å². The van der Waals surface area contributed by atoms with Crippen molar-refractivity contribution in [2.45, 2.75) is 56.7 Å². The van der Waals surface area contributed by atoms with E-state index in [-0.39, 0.29) is 13.0 Å². The van der Waals surface area contributed by atoms with Gasteiger partial charge in [-0.05, 0) is 20.3 Å². The lowest BCUT2D eigenvalue weighted by Gasteiger charge is -2.51. The Morgan fingerprint density at radius 2 is 1.81 bits per heavy atom. The second-order valence-corrected chi connectivity index (χ2v) is 6.77. The minimum absolute atomic E-state index is 0.149. The van der Waals surface area contributed by atoms with Gasteiger partial charge in [-0.15, -0.1) is 6.58 Å². The van der Waals surface area contributed by atoms with Crippen LogP contribution in [0.5, 0.6) is 0 Å². The van der Waals surface area contributed by atoms with Gasteiger partial charge in [0.15, 0.2) is 18.9 Å². The van der Waals surface area contributed by atoms with Gasteiger partial charge >= 0.3 is 0 Å². The molecule has 0 bridgehead atoms. The summed E-state index contributed by atoms with van der Waals surface area (Å²) in [5.74, 6) is -2.55. The van der Waals surface area contributed by atoms with E-state index in [2.05, 4.69) is 6.58 Å². The maximum atomic E-state index is 12.5. The monoisotopic (exact) mass is 379 g/mol. The van der Waals surface area contributed by atoms with Crippen LogP contribution in [0.15, 0.2) is 43.0 Å². The number of aliphatic hydroxyl groups excluding tert-OH is 1. The van der Waals surface area contributed by atoms with Crippen LogP contribution in [0.3, 0.4) is 0 Å². The number of aliphatic hydroxyl groups is 1. The fourth-order valence-corrected chi connectivity index (χ4v) is 3.03. The van der Waals surface area contributed by atoms with Gasteiger partial charge in [-0.3, -0.25) is 0 Å². The van der Waals surface area contributed by atoms with Crippen LogP contribution >= 0.6 is 0 Å². The first-order chi connectivity index (χ1) is 12.8. The first-order valence-electron chi connectivity index (χ1n) is 8.86. The third kappa shape index (κ3) is 4.75. The van der Waals surface area contributed by atoms with E-state index in [9.17, 15) is 10.3 Å². The van der Waals surface area contributed by atoms with E-state index in [0.717, 1.165) is 10.3 Å². The lowest BCUT2D eigenvalue weighted by Crippen LogP contribution is -2.67. The lowest BCUT2D eigenvalue weighted by atomic mass is 9.99. The molecule has 150 valence electrons. The first-order valence-corrected chi connectivity index (χ1v) is 8.86. The van der Waals surface area contributed by atoms with E-state index >= 15 is 0 Å². The summed E-state index contributed by atoms with van der Waals surface area (Å²) in [5.41, 5.74) is 0.861. The summed E-state index contributed by atoms with van der Waals surface area (Å²) in [6.07, 6.45) is 0.622. The van der Waals surface area contributed by atoms with Crippen LogP contribution in [0.2, 0.25) is 0 Å². The largest absolute Gasteiger partial charge is 0.624 e. The van der Waals surface area contributed by atoms with Gasteiger partial charge in [0.25, 0.3) is 0 Å². The van der Waals surface area contributed by atoms with E-state index in [1.54, 1.807) is 19.9 Å². The number of benzene rings is 1. The minimum Gasteiger partial charge on any atom is -0.624 e. The standard InChI is InChI=1S/C20H29NO6/c1-6-10-16(22)18-17(14-21(23)13-15-11-8-7-9-12-15)26-19(2,24-4)20(3,25-5)27-18/h6-9,11-12,14,16-18,22H,1,10,13H2,2-5H3/b21-14+/t16-,17-,18-,19+,20+/m0/s1. The van der Waals surface area contributed by atoms with Crippen LogP contribution in [0, 0.1) is 5.21 Å². The first kappa shape index (κ1) is 21.5. The molecule has 27 heavy (non-hydrogen) atoms. The third-order valence-electron chi connectivity index (χ3n) is 4.93. The molecule has 1 aromatic rings. The molecule has 0 saturated carbocycles. The quantitative estimate of drug-likeness (QED) is 0.245. The molecule has 1 saturated heterocycles. The minimum atomic E-state index is -1.28.